The summed E-state index contributed by atoms with van der Waals surface area (Å²) >= 11 is 0. The molecule has 0 bridgehead atoms. The quantitative estimate of drug-likeness (QED) is 0.604. The number of nitrogens with zero attached hydrogens (tertiary/aromatic N) is 1. The van der Waals surface area contributed by atoms with E-state index < -0.39 is 34.8 Å². The number of ether oxygens (including phenoxy) is 1. The van der Waals surface area contributed by atoms with Gasteiger partial charge in [0.15, 0.2) is 6.61 Å². The minimum Gasteiger partial charge on any atom is -0.484 e. The summed E-state index contributed by atoms with van der Waals surface area (Å²) in [6.45, 7) is 0.694. The molecule has 0 aliphatic carbocycles. The molecule has 2 aromatic carbocycles. The number of nitrogens with one attached hydrogen (secondary N) is 2. The van der Waals surface area contributed by atoms with Crippen LogP contribution in [-0.2, 0) is 9.59 Å². The maximum absolute atomic E-state index is 13.7. The number of hydrogen-bond donors (Lipinski definition) is 2. The van der Waals surface area contributed by atoms with Crippen LogP contribution in [0.1, 0.15) is 6.92 Å². The first-order valence-electron chi connectivity index (χ1n) is 7.20. The van der Waals surface area contributed by atoms with Crippen molar-refractivity contribution in [2.24, 2.45) is 0 Å². The number of rotatable bonds is 6. The van der Waals surface area contributed by atoms with Crippen LogP contribution in [0.3, 0.4) is 0 Å². The average Bonchev–Trinajstić information content (AvgIpc) is 2.55. The van der Waals surface area contributed by atoms with E-state index in [0.29, 0.717) is 0 Å². The highest BCUT2D eigenvalue weighted by Gasteiger charge is 2.15. The molecule has 0 unspecified atom stereocenters. The molecule has 0 aliphatic rings. The van der Waals surface area contributed by atoms with Crippen molar-refractivity contribution >= 4 is 28.9 Å². The van der Waals surface area contributed by atoms with Crippen LogP contribution in [-0.4, -0.2) is 23.3 Å². The smallest absolute Gasteiger partial charge is 0.305 e. The first-order valence-corrected chi connectivity index (χ1v) is 7.20. The van der Waals surface area contributed by atoms with Crippen molar-refractivity contribution in [2.45, 2.75) is 6.92 Å². The Kier molecular flexibility index (Phi) is 5.78. The molecular weight excluding hydrogens is 352 g/mol. The molecule has 0 saturated carbocycles. The zero-order valence-electron chi connectivity index (χ0n) is 13.4. The fourth-order valence-corrected chi connectivity index (χ4v) is 1.96. The Hall–Kier alpha value is -3.56. The Morgan fingerprint density at radius 2 is 1.85 bits per heavy atom. The van der Waals surface area contributed by atoms with Crippen LogP contribution in [0.5, 0.6) is 5.75 Å². The number of hydrogen-bond acceptors (Lipinski definition) is 5. The fraction of sp³-hybridized carbons (Fsp3) is 0.125. The maximum Gasteiger partial charge on any atom is 0.305 e. The van der Waals surface area contributed by atoms with Crippen molar-refractivity contribution in [1.82, 2.24) is 0 Å². The highest BCUT2D eigenvalue weighted by molar-refractivity contribution is 5.94. The molecule has 0 saturated heterocycles. The lowest BCUT2D eigenvalue weighted by Crippen LogP contribution is -2.21. The van der Waals surface area contributed by atoms with Gasteiger partial charge in [0.05, 0.1) is 10.6 Å². The number of amides is 2. The molecule has 2 amide bonds. The van der Waals surface area contributed by atoms with Gasteiger partial charge >= 0.3 is 5.69 Å². The minimum absolute atomic E-state index is 0.101. The number of carbonyl (C=O) groups is 2. The van der Waals surface area contributed by atoms with E-state index in [4.69, 9.17) is 4.74 Å². The summed E-state index contributed by atoms with van der Waals surface area (Å²) in [4.78, 5) is 32.5. The SMILES string of the molecule is CC(=O)Nc1ccc(F)c(NC(=O)COc2ccc([N+](=O)[O-])c(F)c2)c1. The van der Waals surface area contributed by atoms with Gasteiger partial charge in [0.25, 0.3) is 5.91 Å². The van der Waals surface area contributed by atoms with Gasteiger partial charge < -0.3 is 15.4 Å². The molecular formula is C16H13F2N3O5. The van der Waals surface area contributed by atoms with Crippen molar-refractivity contribution in [2.75, 3.05) is 17.2 Å². The van der Waals surface area contributed by atoms with Crippen LogP contribution in [0.4, 0.5) is 25.8 Å². The van der Waals surface area contributed by atoms with Gasteiger partial charge in [0.1, 0.15) is 11.6 Å². The lowest BCUT2D eigenvalue weighted by molar-refractivity contribution is -0.387. The van der Waals surface area contributed by atoms with Crippen molar-refractivity contribution in [3.05, 3.63) is 58.1 Å². The van der Waals surface area contributed by atoms with Gasteiger partial charge in [-0.25, -0.2) is 4.39 Å². The summed E-state index contributed by atoms with van der Waals surface area (Å²) in [5.74, 6) is -3.05. The van der Waals surface area contributed by atoms with Crippen molar-refractivity contribution in [3.8, 4) is 5.75 Å². The molecule has 0 aromatic heterocycles. The molecule has 2 N–H and O–H groups in total. The molecule has 0 radical (unpaired) electrons. The van der Waals surface area contributed by atoms with E-state index in [9.17, 15) is 28.5 Å². The Labute approximate surface area is 145 Å². The Morgan fingerprint density at radius 1 is 1.12 bits per heavy atom. The van der Waals surface area contributed by atoms with Gasteiger partial charge in [-0.05, 0) is 24.3 Å². The zero-order chi connectivity index (χ0) is 19.3. The summed E-state index contributed by atoms with van der Waals surface area (Å²) in [6.07, 6.45) is 0. The summed E-state index contributed by atoms with van der Waals surface area (Å²) in [5, 5.41) is 15.2. The molecule has 2 rings (SSSR count). The Balaban J connectivity index is 2.00. The number of carbonyl (C=O) groups excluding carboxylic acids is 2. The van der Waals surface area contributed by atoms with Gasteiger partial charge in [0, 0.05) is 24.7 Å². The largest absolute Gasteiger partial charge is 0.484 e. The second-order valence-electron chi connectivity index (χ2n) is 5.08. The molecule has 10 heteroatoms. The Bertz CT molecular complexity index is 873. The normalized spacial score (nSPS) is 10.1. The van der Waals surface area contributed by atoms with E-state index in [1.807, 2.05) is 0 Å². The summed E-state index contributed by atoms with van der Waals surface area (Å²) in [5.41, 5.74) is -0.619. The molecule has 0 heterocycles. The standard InChI is InChI=1S/C16H13F2N3O5/c1-9(22)19-10-2-4-12(17)14(6-10)20-16(23)8-26-11-3-5-15(21(24)25)13(18)7-11/h2-7H,8H2,1H3,(H,19,22)(H,20,23). The zero-order valence-corrected chi connectivity index (χ0v) is 13.4. The van der Waals surface area contributed by atoms with E-state index in [1.165, 1.54) is 19.1 Å². The maximum atomic E-state index is 13.7. The summed E-state index contributed by atoms with van der Waals surface area (Å²) < 4.78 is 32.2. The van der Waals surface area contributed by atoms with Gasteiger partial charge in [-0.3, -0.25) is 19.7 Å². The van der Waals surface area contributed by atoms with Crippen LogP contribution in [0.2, 0.25) is 0 Å². The third kappa shape index (κ3) is 4.97. The minimum atomic E-state index is -1.11. The summed E-state index contributed by atoms with van der Waals surface area (Å²) in [7, 11) is 0. The summed E-state index contributed by atoms with van der Waals surface area (Å²) in [6, 6.07) is 6.41. The monoisotopic (exact) mass is 365 g/mol. The van der Waals surface area contributed by atoms with E-state index in [0.717, 1.165) is 24.3 Å². The molecule has 0 aliphatic heterocycles. The molecule has 26 heavy (non-hydrogen) atoms. The Morgan fingerprint density at radius 3 is 2.46 bits per heavy atom. The van der Waals surface area contributed by atoms with E-state index >= 15 is 0 Å². The van der Waals surface area contributed by atoms with Crippen molar-refractivity contribution in [1.29, 1.82) is 0 Å². The average molecular weight is 365 g/mol. The van der Waals surface area contributed by atoms with E-state index in [-0.39, 0.29) is 23.0 Å². The predicted octanol–water partition coefficient (Wildman–Crippen LogP) is 2.85. The number of nitro groups is 1. The highest BCUT2D eigenvalue weighted by Crippen LogP contribution is 2.23. The van der Waals surface area contributed by atoms with Crippen molar-refractivity contribution in [3.63, 3.8) is 0 Å². The molecule has 8 nitrogen and oxygen atoms in total. The molecule has 0 spiro atoms. The van der Waals surface area contributed by atoms with Crippen LogP contribution < -0.4 is 15.4 Å². The number of halogens is 2. The molecule has 0 atom stereocenters. The molecule has 2 aromatic rings. The van der Waals surface area contributed by atoms with Crippen LogP contribution in [0.25, 0.3) is 0 Å². The van der Waals surface area contributed by atoms with Gasteiger partial charge in [0.2, 0.25) is 11.7 Å². The number of nitro benzene ring substituents is 1. The highest BCUT2D eigenvalue weighted by atomic mass is 19.1. The van der Waals surface area contributed by atoms with Crippen LogP contribution in [0, 0.1) is 21.7 Å². The molecule has 0 fully saturated rings. The second kappa shape index (κ2) is 8.01. The number of anilines is 2. The van der Waals surface area contributed by atoms with Crippen molar-refractivity contribution < 1.29 is 28.0 Å². The van der Waals surface area contributed by atoms with Gasteiger partial charge in [-0.15, -0.1) is 0 Å². The van der Waals surface area contributed by atoms with Crippen LogP contribution in [0.15, 0.2) is 36.4 Å². The molecule has 136 valence electrons. The number of benzene rings is 2. The predicted molar refractivity (Wildman–Crippen MR) is 87.9 cm³/mol. The topological polar surface area (TPSA) is 111 Å². The first kappa shape index (κ1) is 18.8. The van der Waals surface area contributed by atoms with E-state index in [2.05, 4.69) is 10.6 Å². The first-order chi connectivity index (χ1) is 12.3. The lowest BCUT2D eigenvalue weighted by atomic mass is 10.2. The third-order valence-corrected chi connectivity index (χ3v) is 3.05. The fourth-order valence-electron chi connectivity index (χ4n) is 1.96. The second-order valence-corrected chi connectivity index (χ2v) is 5.08. The third-order valence-electron chi connectivity index (χ3n) is 3.05. The van der Waals surface area contributed by atoms with Crippen LogP contribution >= 0.6 is 0 Å². The van der Waals surface area contributed by atoms with Gasteiger partial charge in [-0.1, -0.05) is 0 Å². The lowest BCUT2D eigenvalue weighted by Gasteiger charge is -2.10. The van der Waals surface area contributed by atoms with E-state index in [1.54, 1.807) is 0 Å². The van der Waals surface area contributed by atoms with Gasteiger partial charge in [-0.2, -0.15) is 4.39 Å².